The summed E-state index contributed by atoms with van der Waals surface area (Å²) in [7, 11) is 0. The normalized spacial score (nSPS) is 14.6. The molecule has 3 nitrogen and oxygen atoms in total. The molecular weight excluding hydrogens is 223 g/mol. The molecule has 0 spiro atoms. The molecule has 0 saturated carbocycles. The van der Waals surface area contributed by atoms with Crippen LogP contribution in [-0.2, 0) is 11.2 Å². The minimum Gasteiger partial charge on any atom is -0.479 e. The van der Waals surface area contributed by atoms with Crippen LogP contribution in [0.3, 0.4) is 0 Å². The van der Waals surface area contributed by atoms with Crippen LogP contribution in [0.25, 0.3) is 0 Å². The Kier molecular flexibility index (Phi) is 4.23. The zero-order valence-electron chi connectivity index (χ0n) is 9.98. The molecule has 1 aromatic carbocycles. The first-order valence-electron chi connectivity index (χ1n) is 5.54. The van der Waals surface area contributed by atoms with Gasteiger partial charge in [0.05, 0.1) is 0 Å². The maximum Gasteiger partial charge on any atom is 0.336 e. The predicted molar refractivity (Wildman–Crippen MR) is 62.1 cm³/mol. The first-order chi connectivity index (χ1) is 7.85. The molecule has 0 heterocycles. The fourth-order valence-corrected chi connectivity index (χ4v) is 1.87. The summed E-state index contributed by atoms with van der Waals surface area (Å²) in [6, 6.07) is 5.90. The highest BCUT2D eigenvalue weighted by Crippen LogP contribution is 2.23. The first-order valence-corrected chi connectivity index (χ1v) is 5.54. The minimum absolute atomic E-state index is 0.0165. The minimum atomic E-state index is -1.91. The molecule has 17 heavy (non-hydrogen) atoms. The number of rotatable bonds is 5. The van der Waals surface area contributed by atoms with Gasteiger partial charge in [0.15, 0.2) is 5.60 Å². The summed E-state index contributed by atoms with van der Waals surface area (Å²) in [5, 5.41) is 19.1. The largest absolute Gasteiger partial charge is 0.479 e. The maximum atomic E-state index is 13.4. The van der Waals surface area contributed by atoms with Gasteiger partial charge < -0.3 is 10.2 Å². The van der Waals surface area contributed by atoms with Gasteiger partial charge in [0.1, 0.15) is 5.82 Å². The van der Waals surface area contributed by atoms with Crippen molar-refractivity contribution in [3.8, 4) is 0 Å². The molecule has 0 aliphatic heterocycles. The van der Waals surface area contributed by atoms with E-state index < -0.39 is 17.4 Å². The quantitative estimate of drug-likeness (QED) is 0.829. The Morgan fingerprint density at radius 1 is 1.41 bits per heavy atom. The number of hydrogen-bond donors (Lipinski definition) is 2. The summed E-state index contributed by atoms with van der Waals surface area (Å²) in [4.78, 5) is 11.1. The third kappa shape index (κ3) is 3.53. The van der Waals surface area contributed by atoms with Crippen LogP contribution in [-0.4, -0.2) is 21.8 Å². The predicted octanol–water partition coefficient (Wildman–Crippen LogP) is 2.23. The fraction of sp³-hybridized carbons (Fsp3) is 0.462. The highest BCUT2D eigenvalue weighted by atomic mass is 19.1. The zero-order chi connectivity index (χ0) is 13.1. The van der Waals surface area contributed by atoms with Gasteiger partial charge >= 0.3 is 5.97 Å². The third-order valence-corrected chi connectivity index (χ3v) is 2.58. The van der Waals surface area contributed by atoms with Crippen LogP contribution in [0.5, 0.6) is 0 Å². The Labute approximate surface area is 99.9 Å². The second-order valence-corrected chi connectivity index (χ2v) is 4.70. The monoisotopic (exact) mass is 240 g/mol. The molecule has 0 bridgehead atoms. The van der Waals surface area contributed by atoms with Crippen molar-refractivity contribution in [3.05, 3.63) is 35.6 Å². The SMILES string of the molecule is CC(C)CC(O)(Cc1ccccc1F)C(=O)O. The molecule has 0 aliphatic carbocycles. The van der Waals surface area contributed by atoms with E-state index in [2.05, 4.69) is 0 Å². The molecule has 0 saturated heterocycles. The van der Waals surface area contributed by atoms with E-state index in [9.17, 15) is 14.3 Å². The van der Waals surface area contributed by atoms with Gasteiger partial charge in [-0.15, -0.1) is 0 Å². The number of aliphatic carboxylic acids is 1. The molecule has 0 radical (unpaired) electrons. The molecule has 4 heteroatoms. The third-order valence-electron chi connectivity index (χ3n) is 2.58. The van der Waals surface area contributed by atoms with Crippen LogP contribution in [0.15, 0.2) is 24.3 Å². The lowest BCUT2D eigenvalue weighted by Crippen LogP contribution is -2.42. The second-order valence-electron chi connectivity index (χ2n) is 4.70. The van der Waals surface area contributed by atoms with Crippen LogP contribution >= 0.6 is 0 Å². The van der Waals surface area contributed by atoms with Crippen molar-refractivity contribution >= 4 is 5.97 Å². The lowest BCUT2D eigenvalue weighted by Gasteiger charge is -2.25. The summed E-state index contributed by atoms with van der Waals surface area (Å²) in [5.41, 5.74) is -1.69. The number of aliphatic hydroxyl groups is 1. The number of halogens is 1. The Morgan fingerprint density at radius 2 is 2.00 bits per heavy atom. The number of benzene rings is 1. The topological polar surface area (TPSA) is 57.5 Å². The summed E-state index contributed by atoms with van der Waals surface area (Å²) in [5.74, 6) is -1.78. The van der Waals surface area contributed by atoms with Gasteiger partial charge in [0.25, 0.3) is 0 Å². The first kappa shape index (κ1) is 13.6. The molecule has 2 N–H and O–H groups in total. The van der Waals surface area contributed by atoms with Crippen LogP contribution in [0.1, 0.15) is 25.8 Å². The zero-order valence-corrected chi connectivity index (χ0v) is 9.98. The Balaban J connectivity index is 2.95. The molecule has 1 unspecified atom stereocenters. The number of carboxylic acids is 1. The van der Waals surface area contributed by atoms with Crippen LogP contribution in [0, 0.1) is 11.7 Å². The van der Waals surface area contributed by atoms with E-state index in [4.69, 9.17) is 5.11 Å². The van der Waals surface area contributed by atoms with Crippen molar-refractivity contribution in [1.29, 1.82) is 0 Å². The van der Waals surface area contributed by atoms with Crippen LogP contribution in [0.4, 0.5) is 4.39 Å². The second kappa shape index (κ2) is 5.27. The van der Waals surface area contributed by atoms with Gasteiger partial charge in [0, 0.05) is 6.42 Å². The number of carboxylic acid groups (broad SMARTS) is 1. The van der Waals surface area contributed by atoms with Crippen molar-refractivity contribution in [3.63, 3.8) is 0 Å². The van der Waals surface area contributed by atoms with Gasteiger partial charge in [-0.25, -0.2) is 9.18 Å². The Morgan fingerprint density at radius 3 is 2.47 bits per heavy atom. The van der Waals surface area contributed by atoms with Gasteiger partial charge in [-0.1, -0.05) is 32.0 Å². The Hall–Kier alpha value is -1.42. The van der Waals surface area contributed by atoms with E-state index in [0.29, 0.717) is 0 Å². The number of carbonyl (C=O) groups is 1. The molecule has 0 aromatic heterocycles. The summed E-state index contributed by atoms with van der Waals surface area (Å²) >= 11 is 0. The van der Waals surface area contributed by atoms with Crippen molar-refractivity contribution in [2.75, 3.05) is 0 Å². The van der Waals surface area contributed by atoms with Gasteiger partial charge in [-0.2, -0.15) is 0 Å². The van der Waals surface area contributed by atoms with Crippen LogP contribution in [0.2, 0.25) is 0 Å². The van der Waals surface area contributed by atoms with Crippen molar-refractivity contribution in [2.45, 2.75) is 32.3 Å². The standard InChI is InChI=1S/C13H17FO3/c1-9(2)7-13(17,12(15)16)8-10-5-3-4-6-11(10)14/h3-6,9,17H,7-8H2,1-2H3,(H,15,16). The highest BCUT2D eigenvalue weighted by molar-refractivity contribution is 5.77. The van der Waals surface area contributed by atoms with E-state index in [0.717, 1.165) is 0 Å². The average molecular weight is 240 g/mol. The molecule has 0 amide bonds. The molecule has 1 aromatic rings. The molecule has 0 aliphatic rings. The maximum absolute atomic E-state index is 13.4. The summed E-state index contributed by atoms with van der Waals surface area (Å²) in [6.07, 6.45) is -0.121. The summed E-state index contributed by atoms with van der Waals surface area (Å²) < 4.78 is 13.4. The lowest BCUT2D eigenvalue weighted by molar-refractivity contribution is -0.160. The van der Waals surface area contributed by atoms with E-state index in [-0.39, 0.29) is 24.3 Å². The smallest absolute Gasteiger partial charge is 0.336 e. The lowest BCUT2D eigenvalue weighted by atomic mass is 9.86. The van der Waals surface area contributed by atoms with Gasteiger partial charge in [-0.3, -0.25) is 0 Å². The average Bonchev–Trinajstić information content (AvgIpc) is 2.20. The van der Waals surface area contributed by atoms with Gasteiger partial charge in [0.2, 0.25) is 0 Å². The van der Waals surface area contributed by atoms with E-state index >= 15 is 0 Å². The van der Waals surface area contributed by atoms with E-state index in [1.165, 1.54) is 18.2 Å². The van der Waals surface area contributed by atoms with Crippen molar-refractivity contribution < 1.29 is 19.4 Å². The van der Waals surface area contributed by atoms with E-state index in [1.54, 1.807) is 6.07 Å². The van der Waals surface area contributed by atoms with Crippen molar-refractivity contribution in [1.82, 2.24) is 0 Å². The van der Waals surface area contributed by atoms with Crippen LogP contribution < -0.4 is 0 Å². The highest BCUT2D eigenvalue weighted by Gasteiger charge is 2.37. The molecule has 1 rings (SSSR count). The Bertz CT molecular complexity index is 403. The molecule has 1 atom stereocenters. The molecule has 94 valence electrons. The summed E-state index contributed by atoms with van der Waals surface area (Å²) in [6.45, 7) is 3.63. The molecule has 0 fully saturated rings. The van der Waals surface area contributed by atoms with Gasteiger partial charge in [-0.05, 0) is 24.0 Å². The number of hydrogen-bond acceptors (Lipinski definition) is 2. The van der Waals surface area contributed by atoms with E-state index in [1.807, 2.05) is 13.8 Å². The fourth-order valence-electron chi connectivity index (χ4n) is 1.87. The molecular formula is C13H17FO3. The van der Waals surface area contributed by atoms with Crippen molar-refractivity contribution in [2.24, 2.45) is 5.92 Å².